The van der Waals surface area contributed by atoms with E-state index in [9.17, 15) is 0 Å². The molecule has 2 aliphatic rings. The van der Waals surface area contributed by atoms with Crippen molar-refractivity contribution in [1.29, 1.82) is 0 Å². The van der Waals surface area contributed by atoms with Gasteiger partial charge in [0.15, 0.2) is 0 Å². The molecule has 1 aliphatic carbocycles. The first-order chi connectivity index (χ1) is 10.3. The van der Waals surface area contributed by atoms with Gasteiger partial charge in [0.25, 0.3) is 0 Å². The predicted molar refractivity (Wildman–Crippen MR) is 86.4 cm³/mol. The van der Waals surface area contributed by atoms with Crippen molar-refractivity contribution in [3.05, 3.63) is 17.7 Å². The van der Waals surface area contributed by atoms with Gasteiger partial charge in [-0.1, -0.05) is 32.1 Å². The Hall–Kier alpha value is -1.38. The van der Waals surface area contributed by atoms with Gasteiger partial charge in [0.2, 0.25) is 0 Å². The van der Waals surface area contributed by atoms with E-state index < -0.39 is 0 Å². The highest BCUT2D eigenvalue weighted by atomic mass is 16.5. The van der Waals surface area contributed by atoms with E-state index in [1.807, 2.05) is 6.07 Å². The van der Waals surface area contributed by atoms with Crippen LogP contribution in [-0.4, -0.2) is 20.8 Å². The van der Waals surface area contributed by atoms with Crippen molar-refractivity contribution >= 4 is 5.69 Å². The second-order valence-electron chi connectivity index (χ2n) is 6.55. The Morgan fingerprint density at radius 1 is 1.05 bits per heavy atom. The molecule has 1 atom stereocenters. The van der Waals surface area contributed by atoms with Gasteiger partial charge in [0, 0.05) is 12.6 Å². The van der Waals surface area contributed by atoms with Crippen molar-refractivity contribution in [2.75, 3.05) is 26.1 Å². The molecule has 0 amide bonds. The molecular weight excluding hydrogens is 262 g/mol. The van der Waals surface area contributed by atoms with Gasteiger partial charge < -0.3 is 14.8 Å². The molecule has 1 heterocycles. The molecule has 1 N–H and O–H groups in total. The maximum atomic E-state index is 5.50. The van der Waals surface area contributed by atoms with E-state index in [0.717, 1.165) is 42.0 Å². The molecule has 116 valence electrons. The third kappa shape index (κ3) is 3.28. The number of ether oxygens (including phenoxy) is 2. The number of rotatable bonds is 4. The number of fused-ring (bicyclic) bond motifs is 1. The third-order valence-corrected chi connectivity index (χ3v) is 5.08. The second kappa shape index (κ2) is 6.59. The fourth-order valence-electron chi connectivity index (χ4n) is 3.98. The van der Waals surface area contributed by atoms with Gasteiger partial charge in [-0.2, -0.15) is 0 Å². The SMILES string of the molecule is COc1cc2c(c(OC)c1)NCC(CC1CCCCC1)C2. The highest BCUT2D eigenvalue weighted by molar-refractivity contribution is 5.66. The van der Waals surface area contributed by atoms with E-state index in [1.54, 1.807) is 14.2 Å². The van der Waals surface area contributed by atoms with E-state index >= 15 is 0 Å². The first kappa shape index (κ1) is 14.6. The number of hydrogen-bond donors (Lipinski definition) is 1. The molecule has 0 saturated heterocycles. The normalized spacial score (nSPS) is 22.3. The van der Waals surface area contributed by atoms with E-state index in [0.29, 0.717) is 0 Å². The van der Waals surface area contributed by atoms with Crippen LogP contribution in [0.1, 0.15) is 44.1 Å². The number of hydrogen-bond acceptors (Lipinski definition) is 3. The molecule has 21 heavy (non-hydrogen) atoms. The van der Waals surface area contributed by atoms with Crippen molar-refractivity contribution < 1.29 is 9.47 Å². The summed E-state index contributed by atoms with van der Waals surface area (Å²) in [5.74, 6) is 3.49. The Kier molecular flexibility index (Phi) is 4.57. The zero-order valence-electron chi connectivity index (χ0n) is 13.3. The van der Waals surface area contributed by atoms with Crippen molar-refractivity contribution in [3.8, 4) is 11.5 Å². The molecule has 0 aromatic heterocycles. The zero-order valence-corrected chi connectivity index (χ0v) is 13.3. The average molecular weight is 289 g/mol. The van der Waals surface area contributed by atoms with E-state index in [-0.39, 0.29) is 0 Å². The minimum Gasteiger partial charge on any atom is -0.497 e. The smallest absolute Gasteiger partial charge is 0.145 e. The minimum atomic E-state index is 0.748. The van der Waals surface area contributed by atoms with Crippen LogP contribution in [0.4, 0.5) is 5.69 Å². The minimum absolute atomic E-state index is 0.748. The van der Waals surface area contributed by atoms with Crippen LogP contribution >= 0.6 is 0 Å². The maximum absolute atomic E-state index is 5.50. The third-order valence-electron chi connectivity index (χ3n) is 5.08. The quantitative estimate of drug-likeness (QED) is 0.898. The highest BCUT2D eigenvalue weighted by Crippen LogP contribution is 2.39. The van der Waals surface area contributed by atoms with Gasteiger partial charge in [0.05, 0.1) is 19.9 Å². The molecule has 0 bridgehead atoms. The summed E-state index contributed by atoms with van der Waals surface area (Å²) in [6, 6.07) is 4.13. The lowest BCUT2D eigenvalue weighted by Gasteiger charge is -2.31. The van der Waals surface area contributed by atoms with Crippen molar-refractivity contribution in [3.63, 3.8) is 0 Å². The average Bonchev–Trinajstić information content (AvgIpc) is 2.54. The lowest BCUT2D eigenvalue weighted by Crippen LogP contribution is -2.26. The summed E-state index contributed by atoms with van der Waals surface area (Å²) in [5.41, 5.74) is 2.51. The Bertz CT molecular complexity index is 480. The predicted octanol–water partition coefficient (Wildman–Crippen LogP) is 4.26. The molecule has 0 spiro atoms. The Labute approximate surface area is 128 Å². The Morgan fingerprint density at radius 2 is 1.86 bits per heavy atom. The van der Waals surface area contributed by atoms with Crippen LogP contribution in [0, 0.1) is 11.8 Å². The van der Waals surface area contributed by atoms with Gasteiger partial charge in [-0.05, 0) is 36.3 Å². The van der Waals surface area contributed by atoms with Crippen LogP contribution < -0.4 is 14.8 Å². The Balaban J connectivity index is 1.71. The number of nitrogens with one attached hydrogen (secondary N) is 1. The van der Waals surface area contributed by atoms with Crippen LogP contribution in [0.2, 0.25) is 0 Å². The molecule has 1 aliphatic heterocycles. The van der Waals surface area contributed by atoms with Crippen LogP contribution in [0.5, 0.6) is 11.5 Å². The standard InChI is InChI=1S/C18H27NO2/c1-20-16-10-15-9-14(8-13-6-4-3-5-7-13)12-19-18(15)17(11-16)21-2/h10-11,13-14,19H,3-9,12H2,1-2H3. The van der Waals surface area contributed by atoms with E-state index in [4.69, 9.17) is 9.47 Å². The number of benzene rings is 1. The maximum Gasteiger partial charge on any atom is 0.145 e. The summed E-state index contributed by atoms with van der Waals surface area (Å²) in [5, 5.41) is 3.59. The summed E-state index contributed by atoms with van der Waals surface area (Å²) in [6.07, 6.45) is 9.69. The molecular formula is C18H27NO2. The Morgan fingerprint density at radius 3 is 2.57 bits per heavy atom. The van der Waals surface area contributed by atoms with Gasteiger partial charge in [-0.25, -0.2) is 0 Å². The molecule has 1 aromatic carbocycles. The van der Waals surface area contributed by atoms with Gasteiger partial charge in [-0.3, -0.25) is 0 Å². The lowest BCUT2D eigenvalue weighted by atomic mass is 9.80. The molecule has 1 saturated carbocycles. The number of methoxy groups -OCH3 is 2. The summed E-state index contributed by atoms with van der Waals surface area (Å²) >= 11 is 0. The monoisotopic (exact) mass is 289 g/mol. The summed E-state index contributed by atoms with van der Waals surface area (Å²) < 4.78 is 10.9. The van der Waals surface area contributed by atoms with Crippen molar-refractivity contribution in [2.24, 2.45) is 11.8 Å². The molecule has 3 rings (SSSR count). The topological polar surface area (TPSA) is 30.5 Å². The first-order valence-corrected chi connectivity index (χ1v) is 8.29. The molecule has 0 radical (unpaired) electrons. The summed E-state index contributed by atoms with van der Waals surface area (Å²) in [7, 11) is 3.45. The lowest BCUT2D eigenvalue weighted by molar-refractivity contribution is 0.288. The molecule has 1 unspecified atom stereocenters. The van der Waals surface area contributed by atoms with Gasteiger partial charge in [-0.15, -0.1) is 0 Å². The second-order valence-corrected chi connectivity index (χ2v) is 6.55. The van der Waals surface area contributed by atoms with Crippen LogP contribution in [0.15, 0.2) is 12.1 Å². The van der Waals surface area contributed by atoms with Gasteiger partial charge in [0.1, 0.15) is 11.5 Å². The zero-order chi connectivity index (χ0) is 14.7. The molecule has 1 aromatic rings. The van der Waals surface area contributed by atoms with E-state index in [2.05, 4.69) is 11.4 Å². The summed E-state index contributed by atoms with van der Waals surface area (Å²) in [6.45, 7) is 1.08. The summed E-state index contributed by atoms with van der Waals surface area (Å²) in [4.78, 5) is 0. The van der Waals surface area contributed by atoms with Crippen LogP contribution in [-0.2, 0) is 6.42 Å². The highest BCUT2D eigenvalue weighted by Gasteiger charge is 2.25. The van der Waals surface area contributed by atoms with Crippen molar-refractivity contribution in [2.45, 2.75) is 44.9 Å². The first-order valence-electron chi connectivity index (χ1n) is 8.29. The largest absolute Gasteiger partial charge is 0.497 e. The molecule has 1 fully saturated rings. The number of anilines is 1. The molecule has 3 nitrogen and oxygen atoms in total. The van der Waals surface area contributed by atoms with Crippen molar-refractivity contribution in [1.82, 2.24) is 0 Å². The van der Waals surface area contributed by atoms with Crippen LogP contribution in [0.3, 0.4) is 0 Å². The van der Waals surface area contributed by atoms with Gasteiger partial charge >= 0.3 is 0 Å². The molecule has 3 heteroatoms. The van der Waals surface area contributed by atoms with E-state index in [1.165, 1.54) is 44.1 Å². The van der Waals surface area contributed by atoms with Crippen LogP contribution in [0.25, 0.3) is 0 Å². The fourth-order valence-corrected chi connectivity index (χ4v) is 3.98. The fraction of sp³-hybridized carbons (Fsp3) is 0.667.